The van der Waals surface area contributed by atoms with Crippen LogP contribution in [0.2, 0.25) is 0 Å². The van der Waals surface area contributed by atoms with Crippen molar-refractivity contribution in [2.75, 3.05) is 23.0 Å². The summed E-state index contributed by atoms with van der Waals surface area (Å²) in [6, 6.07) is 17.4. The number of alkyl halides is 1. The molecule has 3 rings (SSSR count). The van der Waals surface area contributed by atoms with Gasteiger partial charge in [-0.2, -0.15) is 0 Å². The quantitative estimate of drug-likeness (QED) is 0.0750. The molecule has 1 amide bonds. The monoisotopic (exact) mass is 606 g/mol. The number of thiazole rings is 1. The minimum atomic E-state index is -0.552. The first-order valence-electron chi connectivity index (χ1n) is 11.7. The van der Waals surface area contributed by atoms with E-state index in [4.69, 9.17) is 14.9 Å². The molecule has 2 aromatic carbocycles. The number of hydrogen-bond donors (Lipinski definition) is 2. The van der Waals surface area contributed by atoms with Crippen LogP contribution in [0.15, 0.2) is 60.0 Å². The van der Waals surface area contributed by atoms with Crippen molar-refractivity contribution in [1.29, 1.82) is 5.41 Å². The molecule has 0 saturated carbocycles. The molecule has 186 valence electrons. The topological polar surface area (TPSA) is 87.5 Å². The third-order valence-electron chi connectivity index (χ3n) is 5.05. The van der Waals surface area contributed by atoms with Crippen LogP contribution in [-0.2, 0) is 11.3 Å². The number of carbonyl (C=O) groups is 1. The third-order valence-corrected chi connectivity index (χ3v) is 6.57. The summed E-state index contributed by atoms with van der Waals surface area (Å²) in [5.74, 6) is 0.735. The fourth-order valence-corrected chi connectivity index (χ4v) is 4.40. The molecular formula is C26H31IN4O3S. The Kier molecular flexibility index (Phi) is 11.3. The highest BCUT2D eigenvalue weighted by atomic mass is 127. The van der Waals surface area contributed by atoms with Crippen LogP contribution in [0.5, 0.6) is 5.75 Å². The Morgan fingerprint density at radius 2 is 1.94 bits per heavy atom. The van der Waals surface area contributed by atoms with Gasteiger partial charge in [0.25, 0.3) is 0 Å². The molecule has 2 N–H and O–H groups in total. The molecule has 0 radical (unpaired) electrons. The zero-order chi connectivity index (χ0) is 24.9. The van der Waals surface area contributed by atoms with Gasteiger partial charge in [0.1, 0.15) is 5.75 Å². The molecule has 0 saturated heterocycles. The summed E-state index contributed by atoms with van der Waals surface area (Å²) in [4.78, 5) is 18.7. The SMILES string of the molecule is CCCCOC(=O)N(Cc1ccccc1)C(=N)Nc1nc(-c2cccc(OCCCCI)c2)cs1. The second-order valence-electron chi connectivity index (χ2n) is 7.82. The number of aromatic nitrogens is 1. The van der Waals surface area contributed by atoms with Crippen molar-refractivity contribution in [1.82, 2.24) is 9.88 Å². The maximum Gasteiger partial charge on any atom is 0.416 e. The number of unbranched alkanes of at least 4 members (excludes halogenated alkanes) is 2. The molecule has 0 atom stereocenters. The molecule has 0 unspecified atom stereocenters. The van der Waals surface area contributed by atoms with Crippen molar-refractivity contribution in [2.45, 2.75) is 39.2 Å². The van der Waals surface area contributed by atoms with Crippen LogP contribution in [-0.4, -0.2) is 39.6 Å². The fraction of sp³-hybridized carbons (Fsp3) is 0.346. The molecule has 0 spiro atoms. The van der Waals surface area contributed by atoms with Gasteiger partial charge in [-0.1, -0.05) is 78.4 Å². The average molecular weight is 607 g/mol. The number of hydrogen-bond acceptors (Lipinski definition) is 6. The summed E-state index contributed by atoms with van der Waals surface area (Å²) in [6.07, 6.45) is 3.32. The van der Waals surface area contributed by atoms with Crippen molar-refractivity contribution in [3.8, 4) is 17.0 Å². The number of ether oxygens (including phenoxy) is 2. The molecule has 9 heteroatoms. The minimum absolute atomic E-state index is 0.0800. The lowest BCUT2D eigenvalue weighted by molar-refractivity contribution is 0.119. The standard InChI is InChI=1S/C26H31IN4O3S/c1-2-3-15-34-26(32)31(18-20-10-5-4-6-11-20)24(28)30-25-29-23(19-35-25)21-12-9-13-22(17-21)33-16-8-7-14-27/h4-6,9-13,17,19H,2-3,7-8,14-16,18H2,1H3,(H2,28,29,30). The number of nitrogens with one attached hydrogen (secondary N) is 2. The first-order chi connectivity index (χ1) is 17.1. The molecule has 3 aromatic rings. The van der Waals surface area contributed by atoms with E-state index in [1.54, 1.807) is 0 Å². The molecule has 1 aromatic heterocycles. The smallest absolute Gasteiger partial charge is 0.416 e. The van der Waals surface area contributed by atoms with Crippen molar-refractivity contribution < 1.29 is 14.3 Å². The van der Waals surface area contributed by atoms with E-state index in [0.717, 1.165) is 52.7 Å². The van der Waals surface area contributed by atoms with E-state index in [0.29, 0.717) is 18.3 Å². The minimum Gasteiger partial charge on any atom is -0.494 e. The summed E-state index contributed by atoms with van der Waals surface area (Å²) in [5.41, 5.74) is 2.62. The summed E-state index contributed by atoms with van der Waals surface area (Å²) in [6.45, 7) is 3.28. The van der Waals surface area contributed by atoms with Crippen molar-refractivity contribution in [3.05, 3.63) is 65.5 Å². The van der Waals surface area contributed by atoms with E-state index in [9.17, 15) is 4.79 Å². The highest BCUT2D eigenvalue weighted by Crippen LogP contribution is 2.28. The molecule has 0 fully saturated rings. The van der Waals surface area contributed by atoms with Gasteiger partial charge in [0.05, 0.1) is 25.5 Å². The number of amides is 1. The Labute approximate surface area is 224 Å². The Morgan fingerprint density at radius 1 is 1.11 bits per heavy atom. The van der Waals surface area contributed by atoms with Crippen molar-refractivity contribution >= 4 is 51.1 Å². The van der Waals surface area contributed by atoms with Gasteiger partial charge in [0, 0.05) is 10.9 Å². The molecule has 7 nitrogen and oxygen atoms in total. The van der Waals surface area contributed by atoms with Crippen LogP contribution >= 0.6 is 33.9 Å². The van der Waals surface area contributed by atoms with E-state index >= 15 is 0 Å². The van der Waals surface area contributed by atoms with Gasteiger partial charge in [-0.05, 0) is 41.4 Å². The zero-order valence-corrected chi connectivity index (χ0v) is 22.8. The second kappa shape index (κ2) is 14.7. The number of anilines is 1. The molecule has 0 aliphatic rings. The predicted molar refractivity (Wildman–Crippen MR) is 151 cm³/mol. The maximum absolute atomic E-state index is 12.7. The van der Waals surface area contributed by atoms with E-state index < -0.39 is 6.09 Å². The Morgan fingerprint density at radius 3 is 2.71 bits per heavy atom. The molecular weight excluding hydrogens is 575 g/mol. The first kappa shape index (κ1) is 26.9. The number of rotatable bonds is 12. The Bertz CT molecular complexity index is 1080. The van der Waals surface area contributed by atoms with Crippen LogP contribution in [0.1, 0.15) is 38.2 Å². The molecule has 0 bridgehead atoms. The molecule has 35 heavy (non-hydrogen) atoms. The van der Waals surface area contributed by atoms with Crippen LogP contribution in [0.3, 0.4) is 0 Å². The number of nitrogens with zero attached hydrogens (tertiary/aromatic N) is 2. The lowest BCUT2D eigenvalue weighted by Crippen LogP contribution is -2.40. The van der Waals surface area contributed by atoms with Crippen molar-refractivity contribution in [3.63, 3.8) is 0 Å². The number of carbonyl (C=O) groups excluding carboxylic acids is 1. The van der Waals surface area contributed by atoms with Crippen LogP contribution in [0, 0.1) is 5.41 Å². The summed E-state index contributed by atoms with van der Waals surface area (Å²) >= 11 is 3.75. The highest BCUT2D eigenvalue weighted by molar-refractivity contribution is 14.1. The number of guanidine groups is 1. The maximum atomic E-state index is 12.7. The Balaban J connectivity index is 1.67. The molecule has 1 heterocycles. The van der Waals surface area contributed by atoms with Gasteiger partial charge in [0.2, 0.25) is 5.96 Å². The van der Waals surface area contributed by atoms with Crippen molar-refractivity contribution in [2.24, 2.45) is 0 Å². The third kappa shape index (κ3) is 8.81. The lowest BCUT2D eigenvalue weighted by Gasteiger charge is -2.22. The van der Waals surface area contributed by atoms with Crippen LogP contribution in [0.25, 0.3) is 11.3 Å². The average Bonchev–Trinajstić information content (AvgIpc) is 3.34. The second-order valence-corrected chi connectivity index (χ2v) is 9.76. The van der Waals surface area contributed by atoms with Gasteiger partial charge < -0.3 is 14.8 Å². The summed E-state index contributed by atoms with van der Waals surface area (Å²) in [7, 11) is 0. The zero-order valence-electron chi connectivity index (χ0n) is 19.8. The fourth-order valence-electron chi connectivity index (χ4n) is 3.15. The van der Waals surface area contributed by atoms with Gasteiger partial charge in [-0.25, -0.2) is 14.7 Å². The van der Waals surface area contributed by atoms with Crippen LogP contribution < -0.4 is 10.1 Å². The first-order valence-corrected chi connectivity index (χ1v) is 14.1. The van der Waals surface area contributed by atoms with E-state index in [1.165, 1.54) is 16.2 Å². The summed E-state index contributed by atoms with van der Waals surface area (Å²) in [5, 5.41) is 14.0. The highest BCUT2D eigenvalue weighted by Gasteiger charge is 2.21. The van der Waals surface area contributed by atoms with E-state index in [2.05, 4.69) is 32.9 Å². The largest absolute Gasteiger partial charge is 0.494 e. The number of halogens is 1. The predicted octanol–water partition coefficient (Wildman–Crippen LogP) is 7.19. The van der Waals surface area contributed by atoms with Gasteiger partial charge in [0.15, 0.2) is 5.13 Å². The normalized spacial score (nSPS) is 10.6. The number of benzene rings is 2. The molecule has 0 aliphatic heterocycles. The molecule has 0 aliphatic carbocycles. The van der Waals surface area contributed by atoms with Gasteiger partial charge >= 0.3 is 6.09 Å². The van der Waals surface area contributed by atoms with E-state index in [-0.39, 0.29) is 12.5 Å². The van der Waals surface area contributed by atoms with E-state index in [1.807, 2.05) is 66.9 Å². The lowest BCUT2D eigenvalue weighted by atomic mass is 10.2. The van der Waals surface area contributed by atoms with Crippen LogP contribution in [0.4, 0.5) is 9.93 Å². The van der Waals surface area contributed by atoms with Gasteiger partial charge in [-0.15, -0.1) is 11.3 Å². The van der Waals surface area contributed by atoms with Gasteiger partial charge in [-0.3, -0.25) is 5.41 Å². The summed E-state index contributed by atoms with van der Waals surface area (Å²) < 4.78 is 12.4. The Hall–Kier alpha value is -2.66.